The third-order valence-corrected chi connectivity index (χ3v) is 3.41. The van der Waals surface area contributed by atoms with E-state index in [1.165, 1.54) is 0 Å². The fourth-order valence-electron chi connectivity index (χ4n) is 2.29. The smallest absolute Gasteiger partial charge is 0.255 e. The quantitative estimate of drug-likeness (QED) is 0.799. The van der Waals surface area contributed by atoms with Gasteiger partial charge in [0.2, 0.25) is 0 Å². The molecule has 0 radical (unpaired) electrons. The second kappa shape index (κ2) is 6.00. The predicted octanol–water partition coefficient (Wildman–Crippen LogP) is 3.41. The summed E-state index contributed by atoms with van der Waals surface area (Å²) < 4.78 is 15.9. The van der Waals surface area contributed by atoms with Crippen molar-refractivity contribution in [3.8, 4) is 11.5 Å². The van der Waals surface area contributed by atoms with E-state index < -0.39 is 0 Å². The van der Waals surface area contributed by atoms with E-state index in [1.54, 1.807) is 57.5 Å². The molecule has 1 aromatic heterocycles. The number of hydrogen-bond donors (Lipinski definition) is 1. The number of nitrogens with zero attached hydrogens (tertiary/aromatic N) is 1. The number of ether oxygens (including phenoxy) is 2. The third-order valence-electron chi connectivity index (χ3n) is 3.41. The van der Waals surface area contributed by atoms with E-state index >= 15 is 0 Å². The summed E-state index contributed by atoms with van der Waals surface area (Å²) in [5.41, 5.74) is 2.30. The van der Waals surface area contributed by atoms with Gasteiger partial charge in [-0.2, -0.15) is 0 Å². The SMILES string of the molecule is COc1ccc(OC)c(NC(=O)c2ccc3nc(C)oc3c2)c1. The first kappa shape index (κ1) is 14.9. The van der Waals surface area contributed by atoms with E-state index in [0.717, 1.165) is 5.52 Å². The zero-order chi connectivity index (χ0) is 16.4. The van der Waals surface area contributed by atoms with Gasteiger partial charge in [0.15, 0.2) is 11.5 Å². The predicted molar refractivity (Wildman–Crippen MR) is 86.2 cm³/mol. The number of methoxy groups -OCH3 is 2. The van der Waals surface area contributed by atoms with Crippen LogP contribution in [0.5, 0.6) is 11.5 Å². The molecule has 0 fully saturated rings. The molecule has 1 N–H and O–H groups in total. The van der Waals surface area contributed by atoms with Crippen molar-refractivity contribution in [2.75, 3.05) is 19.5 Å². The average Bonchev–Trinajstić information content (AvgIpc) is 2.93. The zero-order valence-corrected chi connectivity index (χ0v) is 13.0. The molecule has 23 heavy (non-hydrogen) atoms. The van der Waals surface area contributed by atoms with Crippen LogP contribution in [0.4, 0.5) is 5.69 Å². The van der Waals surface area contributed by atoms with Crippen molar-refractivity contribution in [2.24, 2.45) is 0 Å². The molecule has 1 amide bonds. The second-order valence-corrected chi connectivity index (χ2v) is 4.94. The Labute approximate surface area is 133 Å². The van der Waals surface area contributed by atoms with Crippen LogP contribution in [-0.2, 0) is 0 Å². The molecule has 0 aliphatic heterocycles. The lowest BCUT2D eigenvalue weighted by Gasteiger charge is -2.11. The van der Waals surface area contributed by atoms with Crippen molar-refractivity contribution < 1.29 is 18.7 Å². The highest BCUT2D eigenvalue weighted by molar-refractivity contribution is 6.06. The number of amides is 1. The fraction of sp³-hybridized carbons (Fsp3) is 0.176. The minimum Gasteiger partial charge on any atom is -0.497 e. The van der Waals surface area contributed by atoms with Gasteiger partial charge in [-0.1, -0.05) is 0 Å². The van der Waals surface area contributed by atoms with Crippen LogP contribution >= 0.6 is 0 Å². The molecule has 0 atom stereocenters. The molecule has 1 heterocycles. The van der Waals surface area contributed by atoms with Crippen LogP contribution in [-0.4, -0.2) is 25.1 Å². The molecule has 2 aromatic carbocycles. The summed E-state index contributed by atoms with van der Waals surface area (Å²) in [6.45, 7) is 1.76. The van der Waals surface area contributed by atoms with Gasteiger partial charge in [-0.15, -0.1) is 0 Å². The van der Waals surface area contributed by atoms with Gasteiger partial charge >= 0.3 is 0 Å². The van der Waals surface area contributed by atoms with E-state index in [9.17, 15) is 4.79 Å². The van der Waals surface area contributed by atoms with Gasteiger partial charge in [-0.3, -0.25) is 4.79 Å². The van der Waals surface area contributed by atoms with Gasteiger partial charge in [0.05, 0.1) is 19.9 Å². The molecule has 6 nitrogen and oxygen atoms in total. The number of benzene rings is 2. The van der Waals surface area contributed by atoms with Gasteiger partial charge in [0, 0.05) is 18.6 Å². The largest absolute Gasteiger partial charge is 0.497 e. The molecular weight excluding hydrogens is 296 g/mol. The molecule has 3 aromatic rings. The molecule has 0 bridgehead atoms. The molecule has 0 saturated heterocycles. The number of carbonyl (C=O) groups excluding carboxylic acids is 1. The maximum atomic E-state index is 12.5. The lowest BCUT2D eigenvalue weighted by Crippen LogP contribution is -2.12. The Hall–Kier alpha value is -3.02. The minimum absolute atomic E-state index is 0.271. The van der Waals surface area contributed by atoms with E-state index in [4.69, 9.17) is 13.9 Å². The molecule has 6 heteroatoms. The Morgan fingerprint density at radius 2 is 1.96 bits per heavy atom. The van der Waals surface area contributed by atoms with Crippen molar-refractivity contribution in [2.45, 2.75) is 6.92 Å². The van der Waals surface area contributed by atoms with Crippen molar-refractivity contribution in [3.05, 3.63) is 47.9 Å². The summed E-state index contributed by atoms with van der Waals surface area (Å²) in [4.78, 5) is 16.7. The van der Waals surface area contributed by atoms with Gasteiger partial charge in [-0.05, 0) is 30.3 Å². The topological polar surface area (TPSA) is 73.6 Å². The van der Waals surface area contributed by atoms with Gasteiger partial charge in [0.1, 0.15) is 17.0 Å². The number of carbonyl (C=O) groups is 1. The minimum atomic E-state index is -0.271. The zero-order valence-electron chi connectivity index (χ0n) is 13.0. The molecule has 0 aliphatic carbocycles. The monoisotopic (exact) mass is 312 g/mol. The average molecular weight is 312 g/mol. The van der Waals surface area contributed by atoms with Crippen LogP contribution < -0.4 is 14.8 Å². The number of nitrogens with one attached hydrogen (secondary N) is 1. The number of anilines is 1. The summed E-state index contributed by atoms with van der Waals surface area (Å²) in [7, 11) is 3.11. The van der Waals surface area contributed by atoms with E-state index in [0.29, 0.717) is 34.2 Å². The molecule has 3 rings (SSSR count). The number of fused-ring (bicyclic) bond motifs is 1. The van der Waals surface area contributed by atoms with Crippen molar-refractivity contribution in [3.63, 3.8) is 0 Å². The normalized spacial score (nSPS) is 10.6. The number of rotatable bonds is 4. The number of aryl methyl sites for hydroxylation is 1. The molecular formula is C17H16N2O4. The Kier molecular flexibility index (Phi) is 3.89. The highest BCUT2D eigenvalue weighted by Crippen LogP contribution is 2.29. The molecule has 0 aliphatic rings. The van der Waals surface area contributed by atoms with Crippen LogP contribution in [0.1, 0.15) is 16.2 Å². The van der Waals surface area contributed by atoms with Crippen LogP contribution in [0.15, 0.2) is 40.8 Å². The van der Waals surface area contributed by atoms with Crippen molar-refractivity contribution in [1.82, 2.24) is 4.98 Å². The summed E-state index contributed by atoms with van der Waals surface area (Å²) in [6, 6.07) is 10.3. The van der Waals surface area contributed by atoms with Crippen molar-refractivity contribution in [1.29, 1.82) is 0 Å². The summed E-state index contributed by atoms with van der Waals surface area (Å²) in [6.07, 6.45) is 0. The lowest BCUT2D eigenvalue weighted by atomic mass is 10.2. The molecule has 0 unspecified atom stereocenters. The van der Waals surface area contributed by atoms with Gasteiger partial charge < -0.3 is 19.2 Å². The van der Waals surface area contributed by atoms with Crippen LogP contribution in [0.3, 0.4) is 0 Å². The molecule has 0 spiro atoms. The number of aromatic nitrogens is 1. The standard InChI is InChI=1S/C17H16N2O4/c1-10-18-13-6-4-11(8-16(13)23-10)17(20)19-14-9-12(21-2)5-7-15(14)22-3/h4-9H,1-3H3,(H,19,20). The Morgan fingerprint density at radius 1 is 1.13 bits per heavy atom. The van der Waals surface area contributed by atoms with E-state index in [2.05, 4.69) is 10.3 Å². The van der Waals surface area contributed by atoms with E-state index in [-0.39, 0.29) is 5.91 Å². The van der Waals surface area contributed by atoms with Crippen molar-refractivity contribution >= 4 is 22.7 Å². The first-order valence-electron chi connectivity index (χ1n) is 7.01. The summed E-state index contributed by atoms with van der Waals surface area (Å²) >= 11 is 0. The van der Waals surface area contributed by atoms with Gasteiger partial charge in [-0.25, -0.2) is 4.98 Å². The van der Waals surface area contributed by atoms with Gasteiger partial charge in [0.25, 0.3) is 5.91 Å². The maximum Gasteiger partial charge on any atom is 0.255 e. The second-order valence-electron chi connectivity index (χ2n) is 4.94. The molecule has 0 saturated carbocycles. The summed E-state index contributed by atoms with van der Waals surface area (Å²) in [5, 5.41) is 2.82. The highest BCUT2D eigenvalue weighted by atomic mass is 16.5. The maximum absolute atomic E-state index is 12.5. The van der Waals surface area contributed by atoms with Crippen LogP contribution in [0, 0.1) is 6.92 Å². The first-order chi connectivity index (χ1) is 11.1. The Bertz CT molecular complexity index is 870. The fourth-order valence-corrected chi connectivity index (χ4v) is 2.29. The summed E-state index contributed by atoms with van der Waals surface area (Å²) in [5.74, 6) is 1.47. The Balaban J connectivity index is 1.90. The highest BCUT2D eigenvalue weighted by Gasteiger charge is 2.13. The van der Waals surface area contributed by atoms with Crippen LogP contribution in [0.2, 0.25) is 0 Å². The van der Waals surface area contributed by atoms with Crippen LogP contribution in [0.25, 0.3) is 11.1 Å². The third kappa shape index (κ3) is 2.96. The number of hydrogen-bond acceptors (Lipinski definition) is 5. The Morgan fingerprint density at radius 3 is 2.70 bits per heavy atom. The van der Waals surface area contributed by atoms with E-state index in [1.807, 2.05) is 0 Å². The molecule has 118 valence electrons. The number of oxazole rings is 1. The lowest BCUT2D eigenvalue weighted by molar-refractivity contribution is 0.102. The first-order valence-corrected chi connectivity index (χ1v) is 7.01.